The van der Waals surface area contributed by atoms with Crippen LogP contribution >= 0.6 is 0 Å². The summed E-state index contributed by atoms with van der Waals surface area (Å²) in [7, 11) is 2.94. The van der Waals surface area contributed by atoms with Crippen molar-refractivity contribution in [3.63, 3.8) is 0 Å². The third-order valence-corrected chi connectivity index (χ3v) is 3.84. The van der Waals surface area contributed by atoms with Crippen molar-refractivity contribution < 1.29 is 14.3 Å². The van der Waals surface area contributed by atoms with Gasteiger partial charge in [-0.15, -0.1) is 0 Å². The second-order valence-electron chi connectivity index (χ2n) is 5.10. The van der Waals surface area contributed by atoms with E-state index in [0.717, 1.165) is 24.0 Å². The molecule has 1 aromatic heterocycles. The highest BCUT2D eigenvalue weighted by Gasteiger charge is 2.16. The zero-order valence-electron chi connectivity index (χ0n) is 12.3. The third-order valence-electron chi connectivity index (χ3n) is 3.84. The first kappa shape index (κ1) is 13.7. The first-order valence-electron chi connectivity index (χ1n) is 7.05. The average molecular weight is 286 g/mol. The highest BCUT2D eigenvalue weighted by molar-refractivity contribution is 5.95. The molecule has 0 unspecified atom stereocenters. The van der Waals surface area contributed by atoms with E-state index in [1.807, 2.05) is 12.1 Å². The lowest BCUT2D eigenvalue weighted by atomic mass is 10.1. The van der Waals surface area contributed by atoms with Gasteiger partial charge in [-0.1, -0.05) is 0 Å². The van der Waals surface area contributed by atoms with E-state index >= 15 is 0 Å². The summed E-state index contributed by atoms with van der Waals surface area (Å²) in [6.07, 6.45) is 2.46. The molecule has 0 spiro atoms. The van der Waals surface area contributed by atoms with Crippen LogP contribution in [-0.4, -0.2) is 38.3 Å². The molecule has 0 radical (unpaired) electrons. The summed E-state index contributed by atoms with van der Waals surface area (Å²) in [5.74, 6) is 0.181. The number of hydrogen-bond donors (Lipinski definition) is 0. The molecule has 0 N–H and O–H groups in total. The number of aromatic nitrogens is 1. The van der Waals surface area contributed by atoms with Gasteiger partial charge >= 0.3 is 5.97 Å². The molecule has 1 aliphatic heterocycles. The first-order chi connectivity index (χ1) is 10.2. The van der Waals surface area contributed by atoms with Gasteiger partial charge in [0, 0.05) is 30.2 Å². The zero-order valence-corrected chi connectivity index (χ0v) is 12.3. The molecule has 1 saturated heterocycles. The van der Waals surface area contributed by atoms with Gasteiger partial charge < -0.3 is 14.4 Å². The Labute approximate surface area is 123 Å². The first-order valence-corrected chi connectivity index (χ1v) is 7.05. The van der Waals surface area contributed by atoms with Crippen molar-refractivity contribution in [2.45, 2.75) is 12.8 Å². The molecule has 0 bridgehead atoms. The van der Waals surface area contributed by atoms with Gasteiger partial charge in [0.25, 0.3) is 0 Å². The Bertz CT molecular complexity index is 679. The number of anilines is 1. The monoisotopic (exact) mass is 286 g/mol. The largest absolute Gasteiger partial charge is 0.496 e. The zero-order chi connectivity index (χ0) is 14.8. The van der Waals surface area contributed by atoms with E-state index in [-0.39, 0.29) is 5.69 Å². The van der Waals surface area contributed by atoms with E-state index in [1.54, 1.807) is 13.2 Å². The van der Waals surface area contributed by atoms with Crippen LogP contribution in [0.3, 0.4) is 0 Å². The Morgan fingerprint density at radius 1 is 1.19 bits per heavy atom. The van der Waals surface area contributed by atoms with Gasteiger partial charge in [-0.2, -0.15) is 0 Å². The second-order valence-corrected chi connectivity index (χ2v) is 5.10. The number of ether oxygens (including phenoxy) is 2. The molecular weight excluding hydrogens is 268 g/mol. The Balaban J connectivity index is 2.09. The lowest BCUT2D eigenvalue weighted by molar-refractivity contribution is 0.0594. The molecule has 3 rings (SSSR count). The van der Waals surface area contributed by atoms with Crippen molar-refractivity contribution in [3.8, 4) is 5.75 Å². The lowest BCUT2D eigenvalue weighted by Gasteiger charge is -2.18. The molecule has 5 heteroatoms. The van der Waals surface area contributed by atoms with E-state index in [2.05, 4.69) is 16.0 Å². The molecule has 0 amide bonds. The number of benzene rings is 1. The van der Waals surface area contributed by atoms with Gasteiger partial charge in [-0.05, 0) is 31.0 Å². The molecule has 2 aromatic rings. The summed E-state index contributed by atoms with van der Waals surface area (Å²) >= 11 is 0. The Morgan fingerprint density at radius 3 is 2.62 bits per heavy atom. The number of carbonyl (C=O) groups excluding carboxylic acids is 1. The number of esters is 1. The highest BCUT2D eigenvalue weighted by atomic mass is 16.5. The number of methoxy groups -OCH3 is 2. The van der Waals surface area contributed by atoms with Crippen LogP contribution in [0.2, 0.25) is 0 Å². The summed E-state index contributed by atoms with van der Waals surface area (Å²) in [6.45, 7) is 2.17. The molecule has 0 aliphatic carbocycles. The maximum absolute atomic E-state index is 11.7. The van der Waals surface area contributed by atoms with Crippen molar-refractivity contribution in [2.75, 3.05) is 32.2 Å². The number of pyridine rings is 1. The normalized spacial score (nSPS) is 14.5. The van der Waals surface area contributed by atoms with E-state index in [1.165, 1.54) is 25.6 Å². The Kier molecular flexibility index (Phi) is 3.64. The van der Waals surface area contributed by atoms with Crippen LogP contribution in [0.15, 0.2) is 24.3 Å². The standard InChI is InChI=1S/C16H18N2O3/c1-20-15-10-14(16(19)21-2)17-13-6-5-11(9-12(13)15)18-7-3-4-8-18/h5-6,9-10H,3-4,7-8H2,1-2H3. The summed E-state index contributed by atoms with van der Waals surface area (Å²) in [4.78, 5) is 18.4. The third kappa shape index (κ3) is 2.51. The minimum Gasteiger partial charge on any atom is -0.496 e. The number of hydrogen-bond acceptors (Lipinski definition) is 5. The molecular formula is C16H18N2O3. The van der Waals surface area contributed by atoms with Gasteiger partial charge in [-0.25, -0.2) is 9.78 Å². The van der Waals surface area contributed by atoms with E-state index in [4.69, 9.17) is 9.47 Å². The van der Waals surface area contributed by atoms with Gasteiger partial charge in [0.1, 0.15) is 5.75 Å². The maximum Gasteiger partial charge on any atom is 0.356 e. The summed E-state index contributed by atoms with van der Waals surface area (Å²) in [6, 6.07) is 7.68. The molecule has 2 heterocycles. The van der Waals surface area contributed by atoms with Crippen molar-refractivity contribution in [1.82, 2.24) is 4.98 Å². The van der Waals surface area contributed by atoms with Crippen LogP contribution in [-0.2, 0) is 4.74 Å². The predicted octanol–water partition coefficient (Wildman–Crippen LogP) is 2.63. The highest BCUT2D eigenvalue weighted by Crippen LogP contribution is 2.30. The van der Waals surface area contributed by atoms with Crippen LogP contribution in [0.4, 0.5) is 5.69 Å². The summed E-state index contributed by atoms with van der Waals surface area (Å²) < 4.78 is 10.1. The summed E-state index contributed by atoms with van der Waals surface area (Å²) in [5, 5.41) is 0.912. The lowest BCUT2D eigenvalue weighted by Crippen LogP contribution is -2.17. The molecule has 21 heavy (non-hydrogen) atoms. The SMILES string of the molecule is COC(=O)c1cc(OC)c2cc(N3CCCC3)ccc2n1. The molecule has 1 fully saturated rings. The predicted molar refractivity (Wildman–Crippen MR) is 81.1 cm³/mol. The van der Waals surface area contributed by atoms with Crippen molar-refractivity contribution in [2.24, 2.45) is 0 Å². The van der Waals surface area contributed by atoms with Gasteiger partial charge in [0.2, 0.25) is 0 Å². The minimum atomic E-state index is -0.459. The maximum atomic E-state index is 11.7. The van der Waals surface area contributed by atoms with Crippen LogP contribution < -0.4 is 9.64 Å². The molecule has 1 aromatic carbocycles. The average Bonchev–Trinajstić information content (AvgIpc) is 3.06. The van der Waals surface area contributed by atoms with Crippen LogP contribution in [0.5, 0.6) is 5.75 Å². The Morgan fingerprint density at radius 2 is 1.95 bits per heavy atom. The van der Waals surface area contributed by atoms with E-state index in [0.29, 0.717) is 5.75 Å². The van der Waals surface area contributed by atoms with Gasteiger partial charge in [0.05, 0.1) is 19.7 Å². The number of rotatable bonds is 3. The van der Waals surface area contributed by atoms with Crippen molar-refractivity contribution in [1.29, 1.82) is 0 Å². The minimum absolute atomic E-state index is 0.260. The van der Waals surface area contributed by atoms with Crippen LogP contribution in [0.1, 0.15) is 23.3 Å². The van der Waals surface area contributed by atoms with Gasteiger partial charge in [-0.3, -0.25) is 0 Å². The Hall–Kier alpha value is -2.30. The molecule has 1 aliphatic rings. The van der Waals surface area contributed by atoms with Crippen molar-refractivity contribution in [3.05, 3.63) is 30.0 Å². The fraction of sp³-hybridized carbons (Fsp3) is 0.375. The molecule has 0 atom stereocenters. The summed E-state index contributed by atoms with van der Waals surface area (Å²) in [5.41, 5.74) is 2.17. The molecule has 110 valence electrons. The van der Waals surface area contributed by atoms with E-state index < -0.39 is 5.97 Å². The fourth-order valence-electron chi connectivity index (χ4n) is 2.73. The van der Waals surface area contributed by atoms with Crippen LogP contribution in [0, 0.1) is 0 Å². The number of carbonyl (C=O) groups is 1. The van der Waals surface area contributed by atoms with Gasteiger partial charge in [0.15, 0.2) is 5.69 Å². The van der Waals surface area contributed by atoms with E-state index in [9.17, 15) is 4.79 Å². The fourth-order valence-corrected chi connectivity index (χ4v) is 2.73. The second kappa shape index (κ2) is 5.60. The van der Waals surface area contributed by atoms with Crippen LogP contribution in [0.25, 0.3) is 10.9 Å². The van der Waals surface area contributed by atoms with Crippen molar-refractivity contribution >= 4 is 22.6 Å². The molecule has 5 nitrogen and oxygen atoms in total. The smallest absolute Gasteiger partial charge is 0.356 e. The number of fused-ring (bicyclic) bond motifs is 1. The quantitative estimate of drug-likeness (QED) is 0.812. The number of nitrogens with zero attached hydrogens (tertiary/aromatic N) is 2. The topological polar surface area (TPSA) is 51.7 Å². The molecule has 0 saturated carbocycles.